The lowest BCUT2D eigenvalue weighted by Crippen LogP contribution is -2.51. The van der Waals surface area contributed by atoms with Crippen molar-refractivity contribution in [1.82, 2.24) is 20.2 Å². The maximum Gasteiger partial charge on any atom is 0.252 e. The Morgan fingerprint density at radius 2 is 1.97 bits per heavy atom. The molecule has 0 bridgehead atoms. The van der Waals surface area contributed by atoms with Crippen molar-refractivity contribution in [2.24, 2.45) is 0 Å². The Kier molecular flexibility index (Phi) is 5.65. The number of rotatable bonds is 4. The molecule has 0 radical (unpaired) electrons. The number of piperazine rings is 1. The molecule has 2 N–H and O–H groups in total. The number of aromatic nitrogens is 2. The van der Waals surface area contributed by atoms with Gasteiger partial charge in [-0.05, 0) is 43.0 Å². The van der Waals surface area contributed by atoms with Gasteiger partial charge >= 0.3 is 0 Å². The number of anilines is 3. The Labute approximate surface area is 187 Å². The van der Waals surface area contributed by atoms with Gasteiger partial charge in [0.15, 0.2) is 5.82 Å². The van der Waals surface area contributed by atoms with Crippen LogP contribution in [0.15, 0.2) is 30.6 Å². The first-order chi connectivity index (χ1) is 15.6. The largest absolute Gasteiger partial charge is 0.355 e. The van der Waals surface area contributed by atoms with Crippen LogP contribution in [-0.4, -0.2) is 72.5 Å². The van der Waals surface area contributed by atoms with E-state index in [2.05, 4.69) is 36.4 Å². The molecule has 0 saturated carbocycles. The Hall–Kier alpha value is -3.20. The zero-order valence-corrected chi connectivity index (χ0v) is 18.4. The fourth-order valence-corrected chi connectivity index (χ4v) is 4.83. The lowest BCUT2D eigenvalue weighted by Gasteiger charge is -2.40. The SMILES string of the molecule is CNC(=O)c1ccc(N2CCN(Cc3cnc4c(c3)NC(=O)[C@@H]3CCCCN43)CC2)nc1. The Balaban J connectivity index is 1.20. The average molecular weight is 436 g/mol. The van der Waals surface area contributed by atoms with E-state index in [9.17, 15) is 9.59 Å². The van der Waals surface area contributed by atoms with E-state index in [4.69, 9.17) is 4.98 Å². The van der Waals surface area contributed by atoms with Crippen LogP contribution >= 0.6 is 0 Å². The van der Waals surface area contributed by atoms with E-state index >= 15 is 0 Å². The van der Waals surface area contributed by atoms with Crippen molar-refractivity contribution in [2.75, 3.05) is 54.9 Å². The smallest absolute Gasteiger partial charge is 0.252 e. The van der Waals surface area contributed by atoms with Gasteiger partial charge in [0.2, 0.25) is 5.91 Å². The summed E-state index contributed by atoms with van der Waals surface area (Å²) in [7, 11) is 1.62. The minimum absolute atomic E-state index is 0.0679. The van der Waals surface area contributed by atoms with Crippen LogP contribution in [0, 0.1) is 0 Å². The van der Waals surface area contributed by atoms with E-state index in [-0.39, 0.29) is 17.9 Å². The number of hydrogen-bond donors (Lipinski definition) is 2. The molecular weight excluding hydrogens is 406 g/mol. The van der Waals surface area contributed by atoms with Gasteiger partial charge in [0.1, 0.15) is 11.9 Å². The van der Waals surface area contributed by atoms with Crippen LogP contribution in [-0.2, 0) is 11.3 Å². The first-order valence-corrected chi connectivity index (χ1v) is 11.3. The highest BCUT2D eigenvalue weighted by atomic mass is 16.2. The summed E-state index contributed by atoms with van der Waals surface area (Å²) in [5, 5.41) is 5.69. The fraction of sp³-hybridized carbons (Fsp3) is 0.478. The maximum atomic E-state index is 12.5. The third-order valence-electron chi connectivity index (χ3n) is 6.60. The quantitative estimate of drug-likeness (QED) is 0.751. The number of nitrogens with zero attached hydrogens (tertiary/aromatic N) is 5. The molecule has 5 heterocycles. The zero-order chi connectivity index (χ0) is 22.1. The van der Waals surface area contributed by atoms with Gasteiger partial charge in [-0.3, -0.25) is 14.5 Å². The van der Waals surface area contributed by atoms with Gasteiger partial charge in [-0.25, -0.2) is 9.97 Å². The highest BCUT2D eigenvalue weighted by Gasteiger charge is 2.35. The monoisotopic (exact) mass is 435 g/mol. The summed E-state index contributed by atoms with van der Waals surface area (Å²) < 4.78 is 0. The molecule has 0 spiro atoms. The first kappa shape index (κ1) is 20.7. The van der Waals surface area contributed by atoms with E-state index in [0.29, 0.717) is 5.56 Å². The van der Waals surface area contributed by atoms with E-state index in [1.165, 1.54) is 0 Å². The van der Waals surface area contributed by atoms with Crippen LogP contribution in [0.25, 0.3) is 0 Å². The molecule has 32 heavy (non-hydrogen) atoms. The second-order valence-corrected chi connectivity index (χ2v) is 8.66. The van der Waals surface area contributed by atoms with Crippen LogP contribution < -0.4 is 20.4 Å². The van der Waals surface area contributed by atoms with E-state index in [1.807, 2.05) is 18.3 Å². The van der Waals surface area contributed by atoms with Crippen molar-refractivity contribution in [3.8, 4) is 0 Å². The molecule has 2 saturated heterocycles. The number of nitrogens with one attached hydrogen (secondary N) is 2. The second-order valence-electron chi connectivity index (χ2n) is 8.66. The summed E-state index contributed by atoms with van der Waals surface area (Å²) in [6, 6.07) is 5.73. The molecule has 168 valence electrons. The zero-order valence-electron chi connectivity index (χ0n) is 18.4. The third kappa shape index (κ3) is 4.00. The lowest BCUT2D eigenvalue weighted by atomic mass is 9.99. The average Bonchev–Trinajstić information content (AvgIpc) is 2.84. The Morgan fingerprint density at radius 1 is 1.12 bits per heavy atom. The summed E-state index contributed by atoms with van der Waals surface area (Å²) in [4.78, 5) is 40.2. The van der Waals surface area contributed by atoms with Gasteiger partial charge in [-0.2, -0.15) is 0 Å². The highest BCUT2D eigenvalue weighted by molar-refractivity contribution is 6.03. The summed E-state index contributed by atoms with van der Waals surface area (Å²) >= 11 is 0. The predicted octanol–water partition coefficient (Wildman–Crippen LogP) is 1.47. The summed E-state index contributed by atoms with van der Waals surface area (Å²) in [6.07, 6.45) is 6.69. The van der Waals surface area contributed by atoms with Crippen LogP contribution in [0.5, 0.6) is 0 Å². The molecular formula is C23H29N7O2. The highest BCUT2D eigenvalue weighted by Crippen LogP contribution is 2.34. The van der Waals surface area contributed by atoms with Crippen molar-refractivity contribution < 1.29 is 9.59 Å². The summed E-state index contributed by atoms with van der Waals surface area (Å²) in [6.45, 7) is 5.27. The molecule has 3 aliphatic heterocycles. The maximum absolute atomic E-state index is 12.5. The number of hydrogen-bond acceptors (Lipinski definition) is 7. The third-order valence-corrected chi connectivity index (χ3v) is 6.60. The van der Waals surface area contributed by atoms with Crippen LogP contribution in [0.1, 0.15) is 35.2 Å². The van der Waals surface area contributed by atoms with Crippen molar-refractivity contribution in [3.05, 3.63) is 41.7 Å². The minimum atomic E-state index is -0.125. The van der Waals surface area contributed by atoms with E-state index in [1.54, 1.807) is 13.2 Å². The summed E-state index contributed by atoms with van der Waals surface area (Å²) in [5.41, 5.74) is 2.52. The van der Waals surface area contributed by atoms with Crippen molar-refractivity contribution in [3.63, 3.8) is 0 Å². The number of pyridine rings is 2. The van der Waals surface area contributed by atoms with Gasteiger partial charge in [-0.1, -0.05) is 0 Å². The molecule has 0 aromatic carbocycles. The number of piperidine rings is 1. The molecule has 0 unspecified atom stereocenters. The van der Waals surface area contributed by atoms with Gasteiger partial charge < -0.3 is 20.4 Å². The minimum Gasteiger partial charge on any atom is -0.355 e. The second kappa shape index (κ2) is 8.74. The van der Waals surface area contributed by atoms with E-state index in [0.717, 1.165) is 81.4 Å². The van der Waals surface area contributed by atoms with Crippen LogP contribution in [0.3, 0.4) is 0 Å². The number of fused-ring (bicyclic) bond motifs is 3. The standard InChI is InChI=1S/C23H29N7O2/c1-24-22(31)17-5-6-20(25-14-17)29-10-8-28(9-11-29)15-16-12-18-21(26-13-16)30-7-3-2-4-19(30)23(32)27-18/h5-6,12-14,19H,2-4,7-11,15H2,1H3,(H,24,31)(H,27,32)/t19-/m0/s1. The topological polar surface area (TPSA) is 93.7 Å². The van der Waals surface area contributed by atoms with Gasteiger partial charge in [0.05, 0.1) is 11.3 Å². The van der Waals surface area contributed by atoms with Crippen LogP contribution in [0.2, 0.25) is 0 Å². The van der Waals surface area contributed by atoms with E-state index < -0.39 is 0 Å². The predicted molar refractivity (Wildman–Crippen MR) is 123 cm³/mol. The van der Waals surface area contributed by atoms with Crippen LogP contribution in [0.4, 0.5) is 17.3 Å². The molecule has 3 aliphatic rings. The van der Waals surface area contributed by atoms with Crippen molar-refractivity contribution in [1.29, 1.82) is 0 Å². The van der Waals surface area contributed by atoms with Crippen molar-refractivity contribution >= 4 is 29.1 Å². The number of amides is 2. The molecule has 9 nitrogen and oxygen atoms in total. The van der Waals surface area contributed by atoms with Gasteiger partial charge in [-0.15, -0.1) is 0 Å². The molecule has 0 aliphatic carbocycles. The van der Waals surface area contributed by atoms with Crippen molar-refractivity contribution in [2.45, 2.75) is 31.8 Å². The molecule has 2 fully saturated rings. The molecule has 1 atom stereocenters. The molecule has 2 aromatic rings. The Morgan fingerprint density at radius 3 is 2.72 bits per heavy atom. The molecule has 2 amide bonds. The lowest BCUT2D eigenvalue weighted by molar-refractivity contribution is -0.118. The Bertz CT molecular complexity index is 1000. The molecule has 5 rings (SSSR count). The molecule has 2 aromatic heterocycles. The van der Waals surface area contributed by atoms with Gasteiger partial charge in [0, 0.05) is 58.7 Å². The van der Waals surface area contributed by atoms with Gasteiger partial charge in [0.25, 0.3) is 5.91 Å². The number of carbonyl (C=O) groups excluding carboxylic acids is 2. The normalized spacial score (nSPS) is 20.9. The number of carbonyl (C=O) groups is 2. The molecule has 9 heteroatoms. The summed E-state index contributed by atoms with van der Waals surface area (Å²) in [5.74, 6) is 1.78. The first-order valence-electron chi connectivity index (χ1n) is 11.3. The fourth-order valence-electron chi connectivity index (χ4n) is 4.83.